The number of H-pyrrole nitrogens is 1. The molecule has 0 bridgehead atoms. The van der Waals surface area contributed by atoms with Gasteiger partial charge < -0.3 is 9.72 Å². The van der Waals surface area contributed by atoms with Crippen molar-refractivity contribution in [2.45, 2.75) is 6.92 Å². The number of nitrogens with one attached hydrogen (secondary N) is 1. The van der Waals surface area contributed by atoms with Crippen molar-refractivity contribution in [2.75, 3.05) is 6.61 Å². The van der Waals surface area contributed by atoms with Crippen LogP contribution in [-0.4, -0.2) is 17.6 Å². The van der Waals surface area contributed by atoms with Crippen LogP contribution in [0.2, 0.25) is 0 Å². The second-order valence-electron chi connectivity index (χ2n) is 3.56. The number of ether oxygens (including phenoxy) is 1. The largest absolute Gasteiger partial charge is 0.462 e. The zero-order chi connectivity index (χ0) is 13.3. The van der Waals surface area contributed by atoms with E-state index in [1.165, 1.54) is 0 Å². The van der Waals surface area contributed by atoms with E-state index in [4.69, 9.17) is 0 Å². The predicted octanol–water partition coefficient (Wildman–Crippen LogP) is 1.98. The van der Waals surface area contributed by atoms with Gasteiger partial charge in [-0.1, -0.05) is 0 Å². The van der Waals surface area contributed by atoms with Gasteiger partial charge in [-0.2, -0.15) is 0 Å². The minimum atomic E-state index is -0.891. The van der Waals surface area contributed by atoms with Crippen molar-refractivity contribution in [2.24, 2.45) is 0 Å². The number of benzene rings is 1. The van der Waals surface area contributed by atoms with E-state index in [1.54, 1.807) is 6.92 Å². The Kier molecular flexibility index (Phi) is 3.10. The van der Waals surface area contributed by atoms with Crippen LogP contribution in [0.1, 0.15) is 17.3 Å². The van der Waals surface area contributed by atoms with Crippen molar-refractivity contribution in [3.8, 4) is 0 Å². The number of fused-ring (bicyclic) bond motifs is 1. The summed E-state index contributed by atoms with van der Waals surface area (Å²) in [6.07, 6.45) is 1.06. The van der Waals surface area contributed by atoms with Crippen LogP contribution in [0.5, 0.6) is 0 Å². The third kappa shape index (κ3) is 1.97. The van der Waals surface area contributed by atoms with Crippen LogP contribution in [0, 0.1) is 11.6 Å². The lowest BCUT2D eigenvalue weighted by atomic mass is 10.1. The summed E-state index contributed by atoms with van der Waals surface area (Å²) in [6.45, 7) is 1.69. The van der Waals surface area contributed by atoms with Crippen molar-refractivity contribution in [3.05, 3.63) is 45.8 Å². The predicted molar refractivity (Wildman–Crippen MR) is 60.4 cm³/mol. The monoisotopic (exact) mass is 253 g/mol. The lowest BCUT2D eigenvalue weighted by molar-refractivity contribution is 0.0524. The molecule has 1 aromatic carbocycles. The van der Waals surface area contributed by atoms with E-state index in [1.807, 2.05) is 0 Å². The van der Waals surface area contributed by atoms with Crippen LogP contribution >= 0.6 is 0 Å². The normalized spacial score (nSPS) is 10.6. The third-order valence-electron chi connectivity index (χ3n) is 2.40. The molecule has 0 spiro atoms. The lowest BCUT2D eigenvalue weighted by Gasteiger charge is -2.04. The second-order valence-corrected chi connectivity index (χ2v) is 3.56. The molecule has 0 saturated carbocycles. The molecule has 1 heterocycles. The fourth-order valence-electron chi connectivity index (χ4n) is 1.61. The summed E-state index contributed by atoms with van der Waals surface area (Å²) >= 11 is 0. The van der Waals surface area contributed by atoms with Crippen LogP contribution in [-0.2, 0) is 4.74 Å². The number of esters is 1. The van der Waals surface area contributed by atoms with E-state index in [0.717, 1.165) is 12.3 Å². The molecule has 0 fully saturated rings. The summed E-state index contributed by atoms with van der Waals surface area (Å²) in [4.78, 5) is 25.8. The van der Waals surface area contributed by atoms with Gasteiger partial charge >= 0.3 is 5.97 Å². The molecule has 0 amide bonds. The highest BCUT2D eigenvalue weighted by atomic mass is 19.1. The quantitative estimate of drug-likeness (QED) is 0.832. The first-order valence-corrected chi connectivity index (χ1v) is 5.22. The fraction of sp³-hybridized carbons (Fsp3) is 0.167. The highest BCUT2D eigenvalue weighted by Gasteiger charge is 2.16. The second kappa shape index (κ2) is 4.56. The smallest absolute Gasteiger partial charge is 0.343 e. The maximum atomic E-state index is 13.4. The standard InChI is InChI=1S/C12H9F2NO3/c1-2-18-12(17)8-5-15-10-7(11(8)16)3-6(13)4-9(10)14/h3-5H,2H2,1H3,(H,15,16). The molecule has 2 rings (SSSR count). The molecular weight excluding hydrogens is 244 g/mol. The minimum absolute atomic E-state index is 0.105. The van der Waals surface area contributed by atoms with Crippen LogP contribution in [0.15, 0.2) is 23.1 Å². The van der Waals surface area contributed by atoms with Crippen molar-refractivity contribution >= 4 is 16.9 Å². The number of hydrogen-bond donors (Lipinski definition) is 1. The summed E-state index contributed by atoms with van der Waals surface area (Å²) in [5, 5.41) is -0.224. The molecule has 0 aliphatic heterocycles. The van der Waals surface area contributed by atoms with Crippen molar-refractivity contribution in [1.82, 2.24) is 4.98 Å². The van der Waals surface area contributed by atoms with E-state index in [0.29, 0.717) is 6.07 Å². The molecule has 2 aromatic rings. The molecule has 6 heteroatoms. The van der Waals surface area contributed by atoms with Crippen LogP contribution < -0.4 is 5.43 Å². The van der Waals surface area contributed by atoms with Gasteiger partial charge in [-0.3, -0.25) is 4.79 Å². The van der Waals surface area contributed by atoms with Crippen LogP contribution in [0.25, 0.3) is 10.9 Å². The average molecular weight is 253 g/mol. The number of hydrogen-bond acceptors (Lipinski definition) is 3. The first kappa shape index (κ1) is 12.2. The highest BCUT2D eigenvalue weighted by molar-refractivity contribution is 5.93. The SMILES string of the molecule is CCOC(=O)c1c[nH]c2c(F)cc(F)cc2c1=O. The van der Waals surface area contributed by atoms with Crippen LogP contribution in [0.4, 0.5) is 8.78 Å². The maximum Gasteiger partial charge on any atom is 0.343 e. The van der Waals surface area contributed by atoms with Gasteiger partial charge in [-0.15, -0.1) is 0 Å². The fourth-order valence-corrected chi connectivity index (χ4v) is 1.61. The van der Waals surface area contributed by atoms with Gasteiger partial charge in [0, 0.05) is 12.3 Å². The first-order valence-electron chi connectivity index (χ1n) is 5.22. The summed E-state index contributed by atoms with van der Waals surface area (Å²) in [7, 11) is 0. The Labute approximate surface area is 100 Å². The van der Waals surface area contributed by atoms with E-state index >= 15 is 0 Å². The van der Waals surface area contributed by atoms with Gasteiger partial charge in [0.25, 0.3) is 0 Å². The van der Waals surface area contributed by atoms with Gasteiger partial charge in [0.2, 0.25) is 5.43 Å². The molecule has 94 valence electrons. The Morgan fingerprint density at radius 1 is 1.39 bits per heavy atom. The van der Waals surface area contributed by atoms with Gasteiger partial charge in [0.05, 0.1) is 17.5 Å². The Morgan fingerprint density at radius 2 is 2.11 bits per heavy atom. The van der Waals surface area contributed by atoms with Crippen molar-refractivity contribution in [1.29, 1.82) is 0 Å². The molecule has 0 aliphatic rings. The van der Waals surface area contributed by atoms with E-state index in [9.17, 15) is 18.4 Å². The summed E-state index contributed by atoms with van der Waals surface area (Å²) < 4.78 is 31.1. The van der Waals surface area contributed by atoms with Gasteiger partial charge in [0.1, 0.15) is 17.2 Å². The number of halogens is 2. The molecule has 0 radical (unpaired) electrons. The Balaban J connectivity index is 2.71. The van der Waals surface area contributed by atoms with Gasteiger partial charge in [0.15, 0.2) is 0 Å². The van der Waals surface area contributed by atoms with Gasteiger partial charge in [-0.05, 0) is 13.0 Å². The average Bonchev–Trinajstić information content (AvgIpc) is 2.30. The Bertz CT molecular complexity index is 679. The molecule has 1 N–H and O–H groups in total. The maximum absolute atomic E-state index is 13.4. The lowest BCUT2D eigenvalue weighted by Crippen LogP contribution is -2.18. The highest BCUT2D eigenvalue weighted by Crippen LogP contribution is 2.15. The van der Waals surface area contributed by atoms with E-state index < -0.39 is 23.0 Å². The Morgan fingerprint density at radius 3 is 2.78 bits per heavy atom. The third-order valence-corrected chi connectivity index (χ3v) is 2.40. The molecular formula is C12H9F2NO3. The molecule has 0 saturated heterocycles. The summed E-state index contributed by atoms with van der Waals surface area (Å²) in [5.74, 6) is -2.60. The zero-order valence-corrected chi connectivity index (χ0v) is 9.42. The minimum Gasteiger partial charge on any atom is -0.462 e. The van der Waals surface area contributed by atoms with Crippen molar-refractivity contribution in [3.63, 3.8) is 0 Å². The molecule has 0 atom stereocenters. The van der Waals surface area contributed by atoms with E-state index in [2.05, 4.69) is 9.72 Å². The number of carbonyl (C=O) groups excluding carboxylic acids is 1. The summed E-state index contributed by atoms with van der Waals surface area (Å²) in [6, 6.07) is 1.53. The molecule has 4 nitrogen and oxygen atoms in total. The number of carbonyl (C=O) groups is 1. The van der Waals surface area contributed by atoms with Crippen LogP contribution in [0.3, 0.4) is 0 Å². The number of aromatic amines is 1. The number of aromatic nitrogens is 1. The summed E-state index contributed by atoms with van der Waals surface area (Å²) in [5.41, 5.74) is -1.19. The first-order chi connectivity index (χ1) is 8.54. The van der Waals surface area contributed by atoms with Crippen molar-refractivity contribution < 1.29 is 18.3 Å². The molecule has 0 unspecified atom stereocenters. The molecule has 18 heavy (non-hydrogen) atoms. The van der Waals surface area contributed by atoms with E-state index in [-0.39, 0.29) is 23.1 Å². The topological polar surface area (TPSA) is 59.2 Å². The number of rotatable bonds is 2. The molecule has 1 aromatic heterocycles. The molecule has 0 aliphatic carbocycles. The number of pyridine rings is 1. The Hall–Kier alpha value is -2.24. The van der Waals surface area contributed by atoms with Gasteiger partial charge in [-0.25, -0.2) is 13.6 Å². The zero-order valence-electron chi connectivity index (χ0n) is 9.42.